The van der Waals surface area contributed by atoms with Gasteiger partial charge in [0.1, 0.15) is 0 Å². The number of rotatable bonds is 8. The highest BCUT2D eigenvalue weighted by molar-refractivity contribution is 5.90. The van der Waals surface area contributed by atoms with Crippen molar-refractivity contribution in [2.45, 2.75) is 52.1 Å². The third-order valence-electron chi connectivity index (χ3n) is 7.40. The molecule has 2 aromatic carbocycles. The lowest BCUT2D eigenvalue weighted by molar-refractivity contribution is 0.143. The zero-order chi connectivity index (χ0) is 22.9. The molecule has 2 aliphatic rings. The van der Waals surface area contributed by atoms with Gasteiger partial charge < -0.3 is 15.5 Å². The molecule has 2 N–H and O–H groups in total. The molecule has 0 bridgehead atoms. The van der Waals surface area contributed by atoms with Crippen LogP contribution < -0.4 is 10.6 Å². The molecule has 1 aliphatic heterocycles. The smallest absolute Gasteiger partial charge is 0.321 e. The Hall–Kier alpha value is -2.37. The first-order chi connectivity index (χ1) is 16.2. The molecular formula is C28H40N4O. The second-order valence-electron chi connectivity index (χ2n) is 9.84. The highest BCUT2D eigenvalue weighted by Gasteiger charge is 2.22. The Bertz CT molecular complexity index is 857. The molecule has 1 saturated heterocycles. The zero-order valence-electron chi connectivity index (χ0n) is 20.1. The third kappa shape index (κ3) is 7.05. The lowest BCUT2D eigenvalue weighted by atomic mass is 9.81. The third-order valence-corrected chi connectivity index (χ3v) is 7.40. The molecule has 178 valence electrons. The average Bonchev–Trinajstić information content (AvgIpc) is 2.86. The number of para-hydroxylation sites is 1. The van der Waals surface area contributed by atoms with E-state index in [2.05, 4.69) is 64.9 Å². The van der Waals surface area contributed by atoms with Crippen LogP contribution in [0.25, 0.3) is 0 Å². The van der Waals surface area contributed by atoms with Crippen LogP contribution in [0.5, 0.6) is 0 Å². The number of urea groups is 1. The molecule has 1 saturated carbocycles. The lowest BCUT2D eigenvalue weighted by Crippen LogP contribution is -2.49. The van der Waals surface area contributed by atoms with E-state index in [0.29, 0.717) is 5.92 Å². The Morgan fingerprint density at radius 1 is 0.939 bits per heavy atom. The SMILES string of the molecule is CC(CNCc1ccccc1NC(=O)N1CCN(Cc2ccccc2)CC1)C1CCCCC1. The molecule has 2 fully saturated rings. The summed E-state index contributed by atoms with van der Waals surface area (Å²) < 4.78 is 0. The quantitative estimate of drug-likeness (QED) is 0.573. The molecule has 4 rings (SSSR count). The molecule has 1 atom stereocenters. The molecule has 5 heteroatoms. The maximum absolute atomic E-state index is 12.9. The van der Waals surface area contributed by atoms with Crippen molar-refractivity contribution in [3.8, 4) is 0 Å². The van der Waals surface area contributed by atoms with Crippen molar-refractivity contribution in [3.05, 3.63) is 65.7 Å². The van der Waals surface area contributed by atoms with Gasteiger partial charge in [-0.15, -0.1) is 0 Å². The molecular weight excluding hydrogens is 408 g/mol. The van der Waals surface area contributed by atoms with Gasteiger partial charge in [-0.25, -0.2) is 4.79 Å². The van der Waals surface area contributed by atoms with Gasteiger partial charge in [0.2, 0.25) is 0 Å². The van der Waals surface area contributed by atoms with Crippen LogP contribution in [0, 0.1) is 11.8 Å². The maximum Gasteiger partial charge on any atom is 0.321 e. The zero-order valence-corrected chi connectivity index (χ0v) is 20.1. The molecule has 1 aliphatic carbocycles. The summed E-state index contributed by atoms with van der Waals surface area (Å²) in [5.74, 6) is 1.57. The average molecular weight is 449 g/mol. The maximum atomic E-state index is 12.9. The minimum absolute atomic E-state index is 0.0115. The monoisotopic (exact) mass is 448 g/mol. The van der Waals surface area contributed by atoms with E-state index in [-0.39, 0.29) is 6.03 Å². The van der Waals surface area contributed by atoms with Crippen molar-refractivity contribution in [1.29, 1.82) is 0 Å². The van der Waals surface area contributed by atoms with Crippen LogP contribution in [0.3, 0.4) is 0 Å². The molecule has 0 spiro atoms. The summed E-state index contributed by atoms with van der Waals surface area (Å²) in [4.78, 5) is 17.3. The highest BCUT2D eigenvalue weighted by atomic mass is 16.2. The van der Waals surface area contributed by atoms with E-state index in [1.165, 1.54) is 37.7 Å². The highest BCUT2D eigenvalue weighted by Crippen LogP contribution is 2.29. The second-order valence-corrected chi connectivity index (χ2v) is 9.84. The minimum atomic E-state index is 0.0115. The van der Waals surface area contributed by atoms with Crippen molar-refractivity contribution in [2.75, 3.05) is 38.0 Å². The number of nitrogens with one attached hydrogen (secondary N) is 2. The van der Waals surface area contributed by atoms with Crippen LogP contribution in [0.4, 0.5) is 10.5 Å². The first kappa shape index (κ1) is 23.8. The number of carbonyl (C=O) groups is 1. The number of nitrogens with zero attached hydrogens (tertiary/aromatic N) is 2. The van der Waals surface area contributed by atoms with Crippen LogP contribution in [-0.2, 0) is 13.1 Å². The molecule has 0 aromatic heterocycles. The van der Waals surface area contributed by atoms with E-state index in [1.54, 1.807) is 0 Å². The Balaban J connectivity index is 1.23. The summed E-state index contributed by atoms with van der Waals surface area (Å²) in [6.07, 6.45) is 6.96. The van der Waals surface area contributed by atoms with E-state index in [0.717, 1.165) is 63.0 Å². The summed E-state index contributed by atoms with van der Waals surface area (Å²) in [5.41, 5.74) is 3.41. The number of benzene rings is 2. The summed E-state index contributed by atoms with van der Waals surface area (Å²) in [5, 5.41) is 6.82. The van der Waals surface area contributed by atoms with Crippen molar-refractivity contribution in [3.63, 3.8) is 0 Å². The fourth-order valence-electron chi connectivity index (χ4n) is 5.25. The Morgan fingerprint density at radius 3 is 2.39 bits per heavy atom. The minimum Gasteiger partial charge on any atom is -0.322 e. The number of anilines is 1. The van der Waals surface area contributed by atoms with Gasteiger partial charge in [0.15, 0.2) is 0 Å². The topological polar surface area (TPSA) is 47.6 Å². The summed E-state index contributed by atoms with van der Waals surface area (Å²) in [6.45, 7) is 8.50. The summed E-state index contributed by atoms with van der Waals surface area (Å²) >= 11 is 0. The summed E-state index contributed by atoms with van der Waals surface area (Å²) in [7, 11) is 0. The first-order valence-corrected chi connectivity index (χ1v) is 12.8. The fourth-order valence-corrected chi connectivity index (χ4v) is 5.25. The standard InChI is InChI=1S/C28H40N4O/c1-23(25-12-6-3-7-13-25)20-29-21-26-14-8-9-15-27(26)30-28(33)32-18-16-31(17-19-32)22-24-10-4-2-5-11-24/h2,4-5,8-11,14-15,23,25,29H,3,6-7,12-13,16-22H2,1H3,(H,30,33). The number of hydrogen-bond acceptors (Lipinski definition) is 3. The van der Waals surface area contributed by atoms with Crippen molar-refractivity contribution < 1.29 is 4.79 Å². The van der Waals surface area contributed by atoms with E-state index in [4.69, 9.17) is 0 Å². The van der Waals surface area contributed by atoms with Gasteiger partial charge in [0, 0.05) is 45.0 Å². The normalized spacial score (nSPS) is 18.8. The number of piperazine rings is 1. The number of amides is 2. The predicted molar refractivity (Wildman–Crippen MR) is 136 cm³/mol. The van der Waals surface area contributed by atoms with Crippen molar-refractivity contribution in [2.24, 2.45) is 11.8 Å². The lowest BCUT2D eigenvalue weighted by Gasteiger charge is -2.34. The van der Waals surface area contributed by atoms with Gasteiger partial charge >= 0.3 is 6.03 Å². The van der Waals surface area contributed by atoms with Crippen LogP contribution in [0.2, 0.25) is 0 Å². The molecule has 5 nitrogen and oxygen atoms in total. The molecule has 2 amide bonds. The van der Waals surface area contributed by atoms with Gasteiger partial charge in [-0.05, 0) is 35.6 Å². The van der Waals surface area contributed by atoms with E-state index in [1.807, 2.05) is 17.0 Å². The summed E-state index contributed by atoms with van der Waals surface area (Å²) in [6, 6.07) is 18.8. The van der Waals surface area contributed by atoms with Gasteiger partial charge in [-0.1, -0.05) is 87.6 Å². The number of carbonyl (C=O) groups excluding carboxylic acids is 1. The molecule has 0 radical (unpaired) electrons. The van der Waals surface area contributed by atoms with Gasteiger partial charge in [0.05, 0.1) is 0 Å². The second kappa shape index (κ2) is 12.2. The van der Waals surface area contributed by atoms with E-state index >= 15 is 0 Å². The van der Waals surface area contributed by atoms with Gasteiger partial charge in [-0.3, -0.25) is 4.90 Å². The first-order valence-electron chi connectivity index (χ1n) is 12.8. The molecule has 1 unspecified atom stereocenters. The predicted octanol–water partition coefficient (Wildman–Crippen LogP) is 5.34. The number of hydrogen-bond donors (Lipinski definition) is 2. The van der Waals surface area contributed by atoms with Crippen molar-refractivity contribution >= 4 is 11.7 Å². The Labute approximate surface area is 199 Å². The Morgan fingerprint density at radius 2 is 1.64 bits per heavy atom. The van der Waals surface area contributed by atoms with Gasteiger partial charge in [-0.2, -0.15) is 0 Å². The molecule has 1 heterocycles. The largest absolute Gasteiger partial charge is 0.322 e. The fraction of sp³-hybridized carbons (Fsp3) is 0.536. The van der Waals surface area contributed by atoms with E-state index in [9.17, 15) is 4.79 Å². The van der Waals surface area contributed by atoms with E-state index < -0.39 is 0 Å². The van der Waals surface area contributed by atoms with Crippen LogP contribution >= 0.6 is 0 Å². The molecule has 33 heavy (non-hydrogen) atoms. The van der Waals surface area contributed by atoms with Crippen LogP contribution in [0.1, 0.15) is 50.2 Å². The van der Waals surface area contributed by atoms with Crippen LogP contribution in [-0.4, -0.2) is 48.6 Å². The van der Waals surface area contributed by atoms with Gasteiger partial charge in [0.25, 0.3) is 0 Å². The Kier molecular flexibility index (Phi) is 8.79. The molecule has 2 aromatic rings. The van der Waals surface area contributed by atoms with Crippen molar-refractivity contribution in [1.82, 2.24) is 15.1 Å². The van der Waals surface area contributed by atoms with Crippen LogP contribution in [0.15, 0.2) is 54.6 Å².